The molecule has 114 valence electrons. The number of nitrogens with one attached hydrogen (secondary N) is 2. The predicted octanol–water partition coefficient (Wildman–Crippen LogP) is 1.68. The lowest BCUT2D eigenvalue weighted by atomic mass is 10.3. The average molecular weight is 315 g/mol. The summed E-state index contributed by atoms with van der Waals surface area (Å²) in [4.78, 5) is -0.555. The van der Waals surface area contributed by atoms with Gasteiger partial charge >= 0.3 is 0 Å². The van der Waals surface area contributed by atoms with Crippen LogP contribution in [0.3, 0.4) is 0 Å². The smallest absolute Gasteiger partial charge is 0.266 e. The molecule has 0 amide bonds. The lowest BCUT2D eigenvalue weighted by molar-refractivity contribution is 0.350. The minimum Gasteiger partial charge on any atom is -0.493 e. The number of hydrogen-bond donors (Lipinski definition) is 2. The van der Waals surface area contributed by atoms with E-state index in [2.05, 4.69) is 14.9 Å². The van der Waals surface area contributed by atoms with Crippen LogP contribution in [0, 0.1) is 12.7 Å². The van der Waals surface area contributed by atoms with Gasteiger partial charge in [-0.15, -0.1) is 0 Å². The Labute approximate surface area is 121 Å². The normalized spacial score (nSPS) is 11.2. The van der Waals surface area contributed by atoms with E-state index in [1.807, 2.05) is 0 Å². The summed E-state index contributed by atoms with van der Waals surface area (Å²) in [5.41, 5.74) is 0.667. The fourth-order valence-corrected chi connectivity index (χ4v) is 2.77. The molecule has 0 bridgehead atoms. The summed E-state index contributed by atoms with van der Waals surface area (Å²) < 4.78 is 50.4. The van der Waals surface area contributed by atoms with Gasteiger partial charge in [-0.3, -0.25) is 9.82 Å². The van der Waals surface area contributed by atoms with Gasteiger partial charge in [-0.25, -0.2) is 12.8 Å². The standard InChI is InChI=1S/C12H14FN3O4S/c1-7-4-12(15-14-7)16-21(17,18)11-6-10(20-3)9(19-2)5-8(11)13/h4-6H,1-3H3,(H2,14,15,16). The van der Waals surface area contributed by atoms with Gasteiger partial charge in [0.05, 0.1) is 14.2 Å². The minimum absolute atomic E-state index is 0.0710. The second-order valence-electron chi connectivity index (χ2n) is 4.18. The van der Waals surface area contributed by atoms with E-state index in [4.69, 9.17) is 9.47 Å². The van der Waals surface area contributed by atoms with Crippen LogP contribution in [-0.4, -0.2) is 32.8 Å². The molecule has 2 aromatic rings. The van der Waals surface area contributed by atoms with E-state index < -0.39 is 20.7 Å². The quantitative estimate of drug-likeness (QED) is 0.875. The number of halogens is 1. The number of aromatic nitrogens is 2. The van der Waals surface area contributed by atoms with Crippen LogP contribution in [0.2, 0.25) is 0 Å². The van der Waals surface area contributed by atoms with E-state index in [1.165, 1.54) is 20.3 Å². The van der Waals surface area contributed by atoms with Crippen molar-refractivity contribution >= 4 is 15.8 Å². The molecule has 1 aromatic carbocycles. The Bertz CT molecular complexity index is 758. The van der Waals surface area contributed by atoms with Gasteiger partial charge in [0.1, 0.15) is 10.7 Å². The molecule has 0 saturated heterocycles. The van der Waals surface area contributed by atoms with E-state index in [9.17, 15) is 12.8 Å². The molecule has 0 aliphatic rings. The van der Waals surface area contributed by atoms with Crippen LogP contribution >= 0.6 is 0 Å². The first-order valence-corrected chi connectivity index (χ1v) is 7.32. The highest BCUT2D eigenvalue weighted by molar-refractivity contribution is 7.92. The van der Waals surface area contributed by atoms with Gasteiger partial charge in [-0.1, -0.05) is 0 Å². The van der Waals surface area contributed by atoms with E-state index in [0.717, 1.165) is 12.1 Å². The Morgan fingerprint density at radius 1 is 1.19 bits per heavy atom. The molecule has 1 heterocycles. The number of ether oxygens (including phenoxy) is 2. The SMILES string of the molecule is COc1cc(F)c(S(=O)(=O)Nc2cc(C)[nH]n2)cc1OC. The van der Waals surface area contributed by atoms with Gasteiger partial charge < -0.3 is 9.47 Å². The molecule has 2 rings (SSSR count). The Morgan fingerprint density at radius 3 is 2.33 bits per heavy atom. The van der Waals surface area contributed by atoms with Crippen molar-refractivity contribution < 1.29 is 22.3 Å². The molecule has 0 aliphatic carbocycles. The number of sulfonamides is 1. The van der Waals surface area contributed by atoms with Gasteiger partial charge in [-0.05, 0) is 6.92 Å². The molecule has 0 unspecified atom stereocenters. The summed E-state index contributed by atoms with van der Waals surface area (Å²) in [5.74, 6) is -0.670. The van der Waals surface area contributed by atoms with Crippen molar-refractivity contribution in [2.24, 2.45) is 0 Å². The molecule has 7 nitrogen and oxygen atoms in total. The van der Waals surface area contributed by atoms with Gasteiger partial charge in [0.15, 0.2) is 17.3 Å². The van der Waals surface area contributed by atoms with Gasteiger partial charge in [0, 0.05) is 23.9 Å². The van der Waals surface area contributed by atoms with Crippen LogP contribution in [0.1, 0.15) is 5.69 Å². The van der Waals surface area contributed by atoms with Gasteiger partial charge in [0.25, 0.3) is 10.0 Å². The molecular formula is C12H14FN3O4S. The van der Waals surface area contributed by atoms with Crippen LogP contribution in [0.5, 0.6) is 11.5 Å². The molecule has 9 heteroatoms. The summed E-state index contributed by atoms with van der Waals surface area (Å²) >= 11 is 0. The Balaban J connectivity index is 2.44. The number of benzene rings is 1. The third kappa shape index (κ3) is 3.07. The highest BCUT2D eigenvalue weighted by Crippen LogP contribution is 2.32. The van der Waals surface area contributed by atoms with Crippen molar-refractivity contribution in [1.29, 1.82) is 0 Å². The van der Waals surface area contributed by atoms with Crippen molar-refractivity contribution in [1.82, 2.24) is 10.2 Å². The van der Waals surface area contributed by atoms with E-state index in [0.29, 0.717) is 5.69 Å². The largest absolute Gasteiger partial charge is 0.493 e. The number of anilines is 1. The number of hydrogen-bond acceptors (Lipinski definition) is 5. The zero-order chi connectivity index (χ0) is 15.6. The van der Waals surface area contributed by atoms with Crippen LogP contribution in [-0.2, 0) is 10.0 Å². The van der Waals surface area contributed by atoms with Gasteiger partial charge in [0.2, 0.25) is 0 Å². The highest BCUT2D eigenvalue weighted by Gasteiger charge is 2.23. The lowest BCUT2D eigenvalue weighted by Crippen LogP contribution is -2.15. The number of aryl methyl sites for hydroxylation is 1. The summed E-state index contributed by atoms with van der Waals surface area (Å²) in [7, 11) is -1.47. The molecule has 0 fully saturated rings. The highest BCUT2D eigenvalue weighted by atomic mass is 32.2. The number of H-pyrrole nitrogens is 1. The number of methoxy groups -OCH3 is 2. The van der Waals surface area contributed by atoms with E-state index in [-0.39, 0.29) is 17.3 Å². The Hall–Kier alpha value is -2.29. The second kappa shape index (κ2) is 5.60. The third-order valence-corrected chi connectivity index (χ3v) is 4.04. The third-order valence-electron chi connectivity index (χ3n) is 2.67. The zero-order valence-corrected chi connectivity index (χ0v) is 12.4. The van der Waals surface area contributed by atoms with E-state index >= 15 is 0 Å². The lowest BCUT2D eigenvalue weighted by Gasteiger charge is -2.11. The molecule has 0 spiro atoms. The van der Waals surface area contributed by atoms with Crippen LogP contribution in [0.25, 0.3) is 0 Å². The number of nitrogens with zero attached hydrogens (tertiary/aromatic N) is 1. The van der Waals surface area contributed by atoms with Crippen LogP contribution in [0.4, 0.5) is 10.2 Å². The molecular weight excluding hydrogens is 301 g/mol. The molecule has 0 radical (unpaired) electrons. The maximum absolute atomic E-state index is 14.0. The first-order chi connectivity index (χ1) is 9.87. The molecule has 1 aromatic heterocycles. The molecule has 2 N–H and O–H groups in total. The summed E-state index contributed by atoms with van der Waals surface area (Å²) in [6.07, 6.45) is 0. The fraction of sp³-hybridized carbons (Fsp3) is 0.250. The summed E-state index contributed by atoms with van der Waals surface area (Å²) in [6.45, 7) is 1.71. The first kappa shape index (κ1) is 15.1. The van der Waals surface area contributed by atoms with E-state index in [1.54, 1.807) is 6.92 Å². The van der Waals surface area contributed by atoms with Crippen molar-refractivity contribution in [2.75, 3.05) is 18.9 Å². The maximum Gasteiger partial charge on any atom is 0.266 e. The van der Waals surface area contributed by atoms with Crippen LogP contribution < -0.4 is 14.2 Å². The van der Waals surface area contributed by atoms with Crippen molar-refractivity contribution in [2.45, 2.75) is 11.8 Å². The Kier molecular flexibility index (Phi) is 4.03. The molecule has 0 aliphatic heterocycles. The fourth-order valence-electron chi connectivity index (χ4n) is 1.70. The summed E-state index contributed by atoms with van der Waals surface area (Å²) in [5, 5.41) is 6.32. The Morgan fingerprint density at radius 2 is 1.81 bits per heavy atom. The zero-order valence-electron chi connectivity index (χ0n) is 11.6. The van der Waals surface area contributed by atoms with Crippen molar-refractivity contribution in [3.8, 4) is 11.5 Å². The van der Waals surface area contributed by atoms with Crippen molar-refractivity contribution in [3.05, 3.63) is 29.7 Å². The second-order valence-corrected chi connectivity index (χ2v) is 5.83. The maximum atomic E-state index is 14.0. The first-order valence-electron chi connectivity index (χ1n) is 5.83. The minimum atomic E-state index is -4.13. The van der Waals surface area contributed by atoms with Crippen LogP contribution in [0.15, 0.2) is 23.1 Å². The molecule has 21 heavy (non-hydrogen) atoms. The monoisotopic (exact) mass is 315 g/mol. The molecule has 0 saturated carbocycles. The number of aromatic amines is 1. The topological polar surface area (TPSA) is 93.3 Å². The number of rotatable bonds is 5. The van der Waals surface area contributed by atoms with Gasteiger partial charge in [-0.2, -0.15) is 5.10 Å². The average Bonchev–Trinajstić information content (AvgIpc) is 2.82. The predicted molar refractivity (Wildman–Crippen MR) is 73.6 cm³/mol. The molecule has 0 atom stereocenters. The van der Waals surface area contributed by atoms with Crippen molar-refractivity contribution in [3.63, 3.8) is 0 Å². The summed E-state index contributed by atoms with van der Waals surface area (Å²) in [6, 6.07) is 3.48.